The molecule has 0 aliphatic carbocycles. The van der Waals surface area contributed by atoms with Crippen LogP contribution in [-0.4, -0.2) is 39.0 Å². The van der Waals surface area contributed by atoms with Crippen molar-refractivity contribution in [2.45, 2.75) is 6.04 Å². The Labute approximate surface area is 114 Å². The number of ether oxygens (including phenoxy) is 1. The number of aliphatic carboxylic acids is 1. The normalized spacial score (nSPS) is 11.8. The van der Waals surface area contributed by atoms with Gasteiger partial charge in [-0.2, -0.15) is 5.10 Å². The molecule has 104 valence electrons. The number of aromatic carboxylic acids is 1. The predicted molar refractivity (Wildman–Crippen MR) is 68.0 cm³/mol. The number of carboxylic acid groups (broad SMARTS) is 2. The van der Waals surface area contributed by atoms with Crippen LogP contribution in [0.15, 0.2) is 36.5 Å². The fourth-order valence-electron chi connectivity index (χ4n) is 1.86. The van der Waals surface area contributed by atoms with Gasteiger partial charge in [-0.25, -0.2) is 14.3 Å². The SMILES string of the molecule is COc1ccc([C@@H](C(=O)O)n2nccc2C(=O)O)cc1. The Balaban J connectivity index is 2.47. The van der Waals surface area contributed by atoms with Crippen molar-refractivity contribution in [1.82, 2.24) is 9.78 Å². The highest BCUT2D eigenvalue weighted by atomic mass is 16.5. The van der Waals surface area contributed by atoms with Crippen LogP contribution >= 0.6 is 0 Å². The molecule has 1 aromatic heterocycles. The lowest BCUT2D eigenvalue weighted by Gasteiger charge is -2.15. The van der Waals surface area contributed by atoms with Crippen LogP contribution in [0.4, 0.5) is 0 Å². The molecule has 0 aliphatic heterocycles. The second kappa shape index (κ2) is 5.43. The van der Waals surface area contributed by atoms with E-state index >= 15 is 0 Å². The average molecular weight is 276 g/mol. The van der Waals surface area contributed by atoms with Gasteiger partial charge in [0.05, 0.1) is 7.11 Å². The van der Waals surface area contributed by atoms with E-state index in [-0.39, 0.29) is 5.69 Å². The smallest absolute Gasteiger partial charge is 0.354 e. The maximum atomic E-state index is 11.4. The zero-order chi connectivity index (χ0) is 14.7. The van der Waals surface area contributed by atoms with Gasteiger partial charge in [0.2, 0.25) is 0 Å². The molecule has 20 heavy (non-hydrogen) atoms. The fraction of sp³-hybridized carbons (Fsp3) is 0.154. The minimum atomic E-state index is -1.23. The Kier molecular flexibility index (Phi) is 3.69. The van der Waals surface area contributed by atoms with Gasteiger partial charge in [-0.3, -0.25) is 0 Å². The first kappa shape index (κ1) is 13.6. The number of carboxylic acids is 2. The summed E-state index contributed by atoms with van der Waals surface area (Å²) in [5, 5.41) is 22.2. The van der Waals surface area contributed by atoms with Gasteiger partial charge in [0.1, 0.15) is 11.4 Å². The van der Waals surface area contributed by atoms with E-state index in [1.807, 2.05) is 0 Å². The van der Waals surface area contributed by atoms with Crippen molar-refractivity contribution >= 4 is 11.9 Å². The van der Waals surface area contributed by atoms with Crippen molar-refractivity contribution in [3.05, 3.63) is 47.8 Å². The summed E-state index contributed by atoms with van der Waals surface area (Å²) in [5.41, 5.74) is 0.220. The van der Waals surface area contributed by atoms with Crippen molar-refractivity contribution in [3.8, 4) is 5.75 Å². The summed E-state index contributed by atoms with van der Waals surface area (Å²) in [4.78, 5) is 22.5. The van der Waals surface area contributed by atoms with Gasteiger partial charge < -0.3 is 14.9 Å². The molecular weight excluding hydrogens is 264 g/mol. The summed E-state index contributed by atoms with van der Waals surface area (Å²) in [7, 11) is 1.50. The van der Waals surface area contributed by atoms with Gasteiger partial charge in [-0.1, -0.05) is 12.1 Å². The van der Waals surface area contributed by atoms with Crippen molar-refractivity contribution in [1.29, 1.82) is 0 Å². The van der Waals surface area contributed by atoms with E-state index in [9.17, 15) is 14.7 Å². The fourth-order valence-corrected chi connectivity index (χ4v) is 1.86. The Hall–Kier alpha value is -2.83. The zero-order valence-corrected chi connectivity index (χ0v) is 10.6. The zero-order valence-electron chi connectivity index (χ0n) is 10.6. The molecule has 2 aromatic rings. The third-order valence-electron chi connectivity index (χ3n) is 2.80. The first-order chi connectivity index (χ1) is 9.54. The lowest BCUT2D eigenvalue weighted by atomic mass is 10.1. The van der Waals surface area contributed by atoms with Crippen LogP contribution < -0.4 is 4.74 Å². The monoisotopic (exact) mass is 276 g/mol. The molecule has 0 saturated heterocycles. The lowest BCUT2D eigenvalue weighted by molar-refractivity contribution is -0.139. The van der Waals surface area contributed by atoms with E-state index in [0.717, 1.165) is 4.68 Å². The van der Waals surface area contributed by atoms with E-state index < -0.39 is 18.0 Å². The van der Waals surface area contributed by atoms with Crippen LogP contribution in [0.3, 0.4) is 0 Å². The first-order valence-corrected chi connectivity index (χ1v) is 5.68. The Morgan fingerprint density at radius 1 is 1.20 bits per heavy atom. The first-order valence-electron chi connectivity index (χ1n) is 5.68. The summed E-state index contributed by atoms with van der Waals surface area (Å²) < 4.78 is 5.96. The number of methoxy groups -OCH3 is 1. The molecule has 0 fully saturated rings. The van der Waals surface area contributed by atoms with Crippen molar-refractivity contribution in [2.75, 3.05) is 7.11 Å². The van der Waals surface area contributed by atoms with Crippen LogP contribution in [0, 0.1) is 0 Å². The van der Waals surface area contributed by atoms with Gasteiger partial charge >= 0.3 is 11.9 Å². The summed E-state index contributed by atoms with van der Waals surface area (Å²) >= 11 is 0. The van der Waals surface area contributed by atoms with Gasteiger partial charge in [0.25, 0.3) is 0 Å². The topological polar surface area (TPSA) is 102 Å². The van der Waals surface area contributed by atoms with E-state index in [2.05, 4.69) is 5.10 Å². The third kappa shape index (κ3) is 2.46. The molecule has 2 rings (SSSR count). The van der Waals surface area contributed by atoms with Crippen LogP contribution in [0.25, 0.3) is 0 Å². The molecule has 0 spiro atoms. The number of benzene rings is 1. The van der Waals surface area contributed by atoms with Crippen LogP contribution in [0.2, 0.25) is 0 Å². The molecule has 0 radical (unpaired) electrons. The maximum Gasteiger partial charge on any atom is 0.354 e. The molecule has 0 unspecified atom stereocenters. The number of aromatic nitrogens is 2. The summed E-state index contributed by atoms with van der Waals surface area (Å²) in [6.45, 7) is 0. The number of hydrogen-bond acceptors (Lipinski definition) is 4. The molecule has 7 nitrogen and oxygen atoms in total. The second-order valence-corrected chi connectivity index (χ2v) is 3.98. The highest BCUT2D eigenvalue weighted by Crippen LogP contribution is 2.22. The number of hydrogen-bond donors (Lipinski definition) is 2. The van der Waals surface area contributed by atoms with E-state index in [1.165, 1.54) is 19.4 Å². The van der Waals surface area contributed by atoms with Crippen molar-refractivity contribution < 1.29 is 24.5 Å². The summed E-state index contributed by atoms with van der Waals surface area (Å²) in [6, 6.07) is 6.38. The van der Waals surface area contributed by atoms with E-state index in [0.29, 0.717) is 11.3 Å². The quantitative estimate of drug-likeness (QED) is 0.852. The molecule has 0 amide bonds. The van der Waals surface area contributed by atoms with Gasteiger partial charge in [-0.05, 0) is 23.8 Å². The number of rotatable bonds is 5. The third-order valence-corrected chi connectivity index (χ3v) is 2.80. The molecule has 1 atom stereocenters. The maximum absolute atomic E-state index is 11.4. The minimum absolute atomic E-state index is 0.187. The average Bonchev–Trinajstić information content (AvgIpc) is 2.88. The summed E-state index contributed by atoms with van der Waals surface area (Å²) in [5.74, 6) is -1.85. The van der Waals surface area contributed by atoms with Crippen molar-refractivity contribution in [2.24, 2.45) is 0 Å². The van der Waals surface area contributed by atoms with Crippen LogP contribution in [-0.2, 0) is 4.79 Å². The lowest BCUT2D eigenvalue weighted by Crippen LogP contribution is -2.24. The Bertz CT molecular complexity index is 632. The molecular formula is C13H12N2O5. The minimum Gasteiger partial charge on any atom is -0.497 e. The number of nitrogens with zero attached hydrogens (tertiary/aromatic N) is 2. The largest absolute Gasteiger partial charge is 0.497 e. The predicted octanol–water partition coefficient (Wildman–Crippen LogP) is 1.26. The second-order valence-electron chi connectivity index (χ2n) is 3.98. The molecule has 0 saturated carbocycles. The highest BCUT2D eigenvalue weighted by Gasteiger charge is 2.26. The summed E-state index contributed by atoms with van der Waals surface area (Å²) in [6.07, 6.45) is 1.25. The van der Waals surface area contributed by atoms with E-state index in [1.54, 1.807) is 24.3 Å². The molecule has 0 aliphatic rings. The Morgan fingerprint density at radius 3 is 2.35 bits per heavy atom. The van der Waals surface area contributed by atoms with Crippen LogP contribution in [0.1, 0.15) is 22.1 Å². The molecule has 7 heteroatoms. The molecule has 0 bridgehead atoms. The Morgan fingerprint density at radius 2 is 1.85 bits per heavy atom. The van der Waals surface area contributed by atoms with Gasteiger partial charge in [0, 0.05) is 6.20 Å². The van der Waals surface area contributed by atoms with Crippen molar-refractivity contribution in [3.63, 3.8) is 0 Å². The molecule has 2 N–H and O–H groups in total. The standard InChI is InChI=1S/C13H12N2O5/c1-20-9-4-2-8(3-5-9)11(13(18)19)15-10(12(16)17)6-7-14-15/h2-7,11H,1H3,(H,16,17)(H,18,19)/t11-/m0/s1. The highest BCUT2D eigenvalue weighted by molar-refractivity contribution is 5.87. The van der Waals surface area contributed by atoms with Gasteiger partial charge in [-0.15, -0.1) is 0 Å². The molecule has 1 heterocycles. The number of carbonyl (C=O) groups is 2. The van der Waals surface area contributed by atoms with Gasteiger partial charge in [0.15, 0.2) is 6.04 Å². The molecule has 1 aromatic carbocycles. The van der Waals surface area contributed by atoms with E-state index in [4.69, 9.17) is 9.84 Å². The van der Waals surface area contributed by atoms with Crippen LogP contribution in [0.5, 0.6) is 5.75 Å².